The van der Waals surface area contributed by atoms with Crippen molar-refractivity contribution in [1.29, 1.82) is 0 Å². The van der Waals surface area contributed by atoms with Crippen molar-refractivity contribution in [3.8, 4) is 0 Å². The Morgan fingerprint density at radius 1 is 1.15 bits per heavy atom. The molecule has 8 heteroatoms. The number of hydrogen-bond donors (Lipinski definition) is 4. The zero-order valence-corrected chi connectivity index (χ0v) is 8.99. The molecule has 80 valence electrons. The molecule has 6 nitrogen and oxygen atoms in total. The zero-order valence-electron chi connectivity index (χ0n) is 7.20. The first kappa shape index (κ1) is 13.3. The Hall–Kier alpha value is 0.300. The van der Waals surface area contributed by atoms with Gasteiger partial charge >= 0.3 is 15.2 Å². The van der Waals surface area contributed by atoms with Gasteiger partial charge in [0, 0.05) is 0 Å². The van der Waals surface area contributed by atoms with Gasteiger partial charge in [-0.05, 0) is 12.8 Å². The second-order valence-corrected chi connectivity index (χ2v) is 6.51. The summed E-state index contributed by atoms with van der Waals surface area (Å²) < 4.78 is 21.1. The van der Waals surface area contributed by atoms with E-state index in [2.05, 4.69) is 0 Å². The van der Waals surface area contributed by atoms with Crippen molar-refractivity contribution < 1.29 is 28.7 Å². The predicted molar refractivity (Wildman–Crippen MR) is 47.7 cm³/mol. The average molecular weight is 232 g/mol. The Balaban J connectivity index is 4.18. The Morgan fingerprint density at radius 3 is 1.85 bits per heavy atom. The fourth-order valence-electron chi connectivity index (χ4n) is 0.927. The third-order valence-electron chi connectivity index (χ3n) is 1.70. The van der Waals surface area contributed by atoms with Crippen molar-refractivity contribution in [2.24, 2.45) is 0 Å². The summed E-state index contributed by atoms with van der Waals surface area (Å²) in [4.78, 5) is 34.4. The van der Waals surface area contributed by atoms with Crippen LogP contribution >= 0.6 is 15.2 Å². The second-order valence-electron chi connectivity index (χ2n) is 2.83. The molecule has 0 aromatic heterocycles. The van der Waals surface area contributed by atoms with Gasteiger partial charge in [-0.25, -0.2) is 0 Å². The molecular formula is C5H14O6P2. The van der Waals surface area contributed by atoms with Gasteiger partial charge in [-0.1, -0.05) is 6.92 Å². The van der Waals surface area contributed by atoms with Crippen molar-refractivity contribution in [1.82, 2.24) is 0 Å². The quantitative estimate of drug-likeness (QED) is 0.513. The van der Waals surface area contributed by atoms with Gasteiger partial charge in [-0.15, -0.1) is 0 Å². The summed E-state index contributed by atoms with van der Waals surface area (Å²) in [5, 5.41) is 0. The van der Waals surface area contributed by atoms with Crippen LogP contribution in [-0.4, -0.2) is 31.4 Å². The molecule has 1 atom stereocenters. The molecule has 0 rings (SSSR count). The maximum absolute atomic E-state index is 10.7. The van der Waals surface area contributed by atoms with Crippen molar-refractivity contribution in [3.05, 3.63) is 0 Å². The molecule has 1 unspecified atom stereocenters. The molecule has 0 saturated carbocycles. The van der Waals surface area contributed by atoms with Crippen LogP contribution in [-0.2, 0) is 9.13 Å². The molecule has 0 aromatic carbocycles. The van der Waals surface area contributed by atoms with Gasteiger partial charge in [0.1, 0.15) is 0 Å². The molecule has 0 saturated heterocycles. The molecule has 0 aromatic rings. The molecule has 0 aliphatic carbocycles. The first-order valence-corrected chi connectivity index (χ1v) is 7.24. The van der Waals surface area contributed by atoms with E-state index in [0.29, 0.717) is 0 Å². The molecular weight excluding hydrogens is 218 g/mol. The molecule has 0 aliphatic rings. The van der Waals surface area contributed by atoms with Crippen molar-refractivity contribution in [2.45, 2.75) is 25.4 Å². The molecule has 0 amide bonds. The smallest absolute Gasteiger partial charge is 0.324 e. The van der Waals surface area contributed by atoms with Gasteiger partial charge in [-0.3, -0.25) is 9.13 Å². The lowest BCUT2D eigenvalue weighted by atomic mass is 10.3. The maximum atomic E-state index is 10.7. The highest BCUT2D eigenvalue weighted by molar-refractivity contribution is 7.53. The van der Waals surface area contributed by atoms with E-state index in [1.807, 2.05) is 0 Å². The van der Waals surface area contributed by atoms with Crippen LogP contribution in [0.15, 0.2) is 0 Å². The van der Waals surface area contributed by atoms with Crippen LogP contribution in [0, 0.1) is 0 Å². The molecule has 0 spiro atoms. The van der Waals surface area contributed by atoms with E-state index >= 15 is 0 Å². The lowest BCUT2D eigenvalue weighted by molar-refractivity contribution is 0.349. The largest absolute Gasteiger partial charge is 0.328 e. The summed E-state index contributed by atoms with van der Waals surface area (Å²) in [6, 6.07) is 0. The zero-order chi connectivity index (χ0) is 10.7. The lowest BCUT2D eigenvalue weighted by Crippen LogP contribution is -2.09. The molecule has 4 N–H and O–H groups in total. The van der Waals surface area contributed by atoms with Gasteiger partial charge < -0.3 is 19.6 Å². The first-order valence-electron chi connectivity index (χ1n) is 3.76. The molecule has 0 radical (unpaired) electrons. The van der Waals surface area contributed by atoms with Crippen molar-refractivity contribution >= 4 is 15.2 Å². The van der Waals surface area contributed by atoms with Crippen LogP contribution in [0.5, 0.6) is 0 Å². The lowest BCUT2D eigenvalue weighted by Gasteiger charge is -2.16. The minimum absolute atomic E-state index is 0.148. The summed E-state index contributed by atoms with van der Waals surface area (Å²) in [7, 11) is -8.35. The van der Waals surface area contributed by atoms with E-state index < -0.39 is 27.0 Å². The Labute approximate surface area is 76.3 Å². The van der Waals surface area contributed by atoms with Crippen LogP contribution in [0.4, 0.5) is 0 Å². The summed E-state index contributed by atoms with van der Waals surface area (Å²) >= 11 is 0. The van der Waals surface area contributed by atoms with E-state index in [4.69, 9.17) is 19.6 Å². The number of rotatable bonds is 5. The number of hydrogen-bond acceptors (Lipinski definition) is 2. The van der Waals surface area contributed by atoms with E-state index in [1.54, 1.807) is 6.92 Å². The van der Waals surface area contributed by atoms with E-state index in [1.165, 1.54) is 0 Å². The predicted octanol–water partition coefficient (Wildman–Crippen LogP) is 0.510. The molecule has 0 aliphatic heterocycles. The Morgan fingerprint density at radius 2 is 1.62 bits per heavy atom. The molecule has 0 bridgehead atoms. The van der Waals surface area contributed by atoms with Gasteiger partial charge in [-0.2, -0.15) is 0 Å². The molecule has 0 fully saturated rings. The standard InChI is InChI=1S/C5H14O6P2/c1-2-5(13(9,10)11)3-4-12(6,7)8/h5H,2-4H2,1H3,(H2,6,7,8)(H2,9,10,11). The van der Waals surface area contributed by atoms with Gasteiger partial charge in [0.15, 0.2) is 0 Å². The normalized spacial score (nSPS) is 15.8. The maximum Gasteiger partial charge on any atom is 0.328 e. The van der Waals surface area contributed by atoms with E-state index in [9.17, 15) is 9.13 Å². The van der Waals surface area contributed by atoms with Gasteiger partial charge in [0.2, 0.25) is 0 Å². The monoisotopic (exact) mass is 232 g/mol. The topological polar surface area (TPSA) is 115 Å². The second kappa shape index (κ2) is 4.69. The summed E-state index contributed by atoms with van der Waals surface area (Å²) in [6.45, 7) is 1.57. The summed E-state index contributed by atoms with van der Waals surface area (Å²) in [5.41, 5.74) is -0.944. The first-order chi connectivity index (χ1) is 5.67. The fraction of sp³-hybridized carbons (Fsp3) is 1.00. The average Bonchev–Trinajstić information content (AvgIpc) is 1.82. The summed E-state index contributed by atoms with van der Waals surface area (Å²) in [6.07, 6.45) is -0.411. The van der Waals surface area contributed by atoms with Crippen LogP contribution in [0.3, 0.4) is 0 Å². The highest BCUT2D eigenvalue weighted by Gasteiger charge is 2.29. The van der Waals surface area contributed by atoms with Crippen LogP contribution in [0.2, 0.25) is 0 Å². The summed E-state index contributed by atoms with van der Waals surface area (Å²) in [5.74, 6) is 0. The van der Waals surface area contributed by atoms with Gasteiger partial charge in [0.05, 0.1) is 11.8 Å². The fourth-order valence-corrected chi connectivity index (χ4v) is 2.72. The van der Waals surface area contributed by atoms with Crippen LogP contribution < -0.4 is 0 Å². The van der Waals surface area contributed by atoms with Crippen LogP contribution in [0.25, 0.3) is 0 Å². The molecule has 0 heterocycles. The van der Waals surface area contributed by atoms with Crippen molar-refractivity contribution in [3.63, 3.8) is 0 Å². The Bertz CT molecular complexity index is 239. The van der Waals surface area contributed by atoms with E-state index in [-0.39, 0.29) is 12.8 Å². The van der Waals surface area contributed by atoms with Crippen LogP contribution in [0.1, 0.15) is 19.8 Å². The minimum Gasteiger partial charge on any atom is -0.324 e. The third-order valence-corrected chi connectivity index (χ3v) is 4.12. The highest BCUT2D eigenvalue weighted by atomic mass is 31.2. The minimum atomic E-state index is -4.21. The SMILES string of the molecule is CCC(CCP(=O)(O)O)P(=O)(O)O. The van der Waals surface area contributed by atoms with Gasteiger partial charge in [0.25, 0.3) is 0 Å². The highest BCUT2D eigenvalue weighted by Crippen LogP contribution is 2.47. The third kappa shape index (κ3) is 6.38. The Kier molecular flexibility index (Phi) is 4.80. The van der Waals surface area contributed by atoms with E-state index in [0.717, 1.165) is 0 Å². The molecule has 13 heavy (non-hydrogen) atoms. The van der Waals surface area contributed by atoms with Crippen molar-refractivity contribution in [2.75, 3.05) is 6.16 Å².